The minimum atomic E-state index is -0.848. The number of rotatable bonds is 40. The molecular formula is C53H84O6. The molecule has 0 spiro atoms. The van der Waals surface area contributed by atoms with Gasteiger partial charge in [-0.05, 0) is 96.3 Å². The monoisotopic (exact) mass is 817 g/mol. The summed E-state index contributed by atoms with van der Waals surface area (Å²) in [5.74, 6) is -1.12. The number of allylic oxidation sites excluding steroid dienone is 18. The highest BCUT2D eigenvalue weighted by atomic mass is 16.6. The van der Waals surface area contributed by atoms with Crippen LogP contribution in [-0.2, 0) is 28.6 Å². The van der Waals surface area contributed by atoms with E-state index < -0.39 is 12.1 Å². The minimum Gasteiger partial charge on any atom is -0.462 e. The third kappa shape index (κ3) is 45.0. The molecule has 0 N–H and O–H groups in total. The first-order chi connectivity index (χ1) is 29.0. The Morgan fingerprint density at radius 1 is 0.356 bits per heavy atom. The third-order valence-electron chi connectivity index (χ3n) is 9.27. The zero-order chi connectivity index (χ0) is 43.0. The van der Waals surface area contributed by atoms with E-state index in [0.717, 1.165) is 83.5 Å². The van der Waals surface area contributed by atoms with Crippen LogP contribution in [0.3, 0.4) is 0 Å². The van der Waals surface area contributed by atoms with E-state index in [9.17, 15) is 14.4 Å². The van der Waals surface area contributed by atoms with Gasteiger partial charge in [-0.1, -0.05) is 182 Å². The first kappa shape index (κ1) is 55.1. The Bertz CT molecular complexity index is 1260. The van der Waals surface area contributed by atoms with Gasteiger partial charge in [-0.25, -0.2) is 0 Å². The van der Waals surface area contributed by atoms with Gasteiger partial charge in [0.15, 0.2) is 6.10 Å². The Balaban J connectivity index is 4.59. The molecule has 0 saturated carbocycles. The number of unbranched alkanes of at least 4 members (excludes halogenated alkanes) is 11. The molecule has 6 nitrogen and oxygen atoms in total. The maximum absolute atomic E-state index is 12.7. The van der Waals surface area contributed by atoms with Crippen LogP contribution in [0, 0.1) is 0 Å². The second-order valence-corrected chi connectivity index (χ2v) is 14.9. The Kier molecular flexibility index (Phi) is 43.6. The Hall–Kier alpha value is -3.93. The van der Waals surface area contributed by atoms with E-state index in [1.54, 1.807) is 0 Å². The van der Waals surface area contributed by atoms with Gasteiger partial charge in [0.05, 0.1) is 0 Å². The molecule has 0 fully saturated rings. The van der Waals surface area contributed by atoms with E-state index in [4.69, 9.17) is 14.2 Å². The molecule has 0 saturated heterocycles. The fraction of sp³-hybridized carbons (Fsp3) is 0.604. The number of ether oxygens (including phenoxy) is 3. The second kappa shape index (κ2) is 46.8. The normalized spacial score (nSPS) is 13.1. The summed E-state index contributed by atoms with van der Waals surface area (Å²) in [5.41, 5.74) is 0. The van der Waals surface area contributed by atoms with Crippen molar-refractivity contribution >= 4 is 17.9 Å². The van der Waals surface area contributed by atoms with Gasteiger partial charge >= 0.3 is 17.9 Å². The van der Waals surface area contributed by atoms with Crippen LogP contribution < -0.4 is 0 Å². The van der Waals surface area contributed by atoms with E-state index in [1.807, 2.05) is 24.3 Å². The fourth-order valence-electron chi connectivity index (χ4n) is 5.81. The minimum absolute atomic E-state index is 0.135. The van der Waals surface area contributed by atoms with Crippen LogP contribution in [0.25, 0.3) is 0 Å². The van der Waals surface area contributed by atoms with Crippen LogP contribution in [0.5, 0.6) is 0 Å². The predicted molar refractivity (Wildman–Crippen MR) is 251 cm³/mol. The molecule has 0 rings (SSSR count). The molecule has 59 heavy (non-hydrogen) atoms. The zero-order valence-electron chi connectivity index (χ0n) is 37.7. The summed E-state index contributed by atoms with van der Waals surface area (Å²) in [6.07, 6.45) is 62.4. The van der Waals surface area contributed by atoms with Gasteiger partial charge < -0.3 is 14.2 Å². The lowest BCUT2D eigenvalue weighted by Gasteiger charge is -2.18. The van der Waals surface area contributed by atoms with Crippen molar-refractivity contribution in [2.24, 2.45) is 0 Å². The summed E-state index contributed by atoms with van der Waals surface area (Å²) in [6.45, 7) is 6.23. The maximum Gasteiger partial charge on any atom is 0.306 e. The van der Waals surface area contributed by atoms with E-state index in [2.05, 4.69) is 106 Å². The van der Waals surface area contributed by atoms with Crippen LogP contribution in [0.1, 0.15) is 188 Å². The van der Waals surface area contributed by atoms with Gasteiger partial charge in [0.2, 0.25) is 0 Å². The molecule has 0 aromatic rings. The van der Waals surface area contributed by atoms with Crippen molar-refractivity contribution in [1.29, 1.82) is 0 Å². The van der Waals surface area contributed by atoms with Crippen molar-refractivity contribution in [1.82, 2.24) is 0 Å². The van der Waals surface area contributed by atoms with Gasteiger partial charge in [0, 0.05) is 19.3 Å². The lowest BCUT2D eigenvalue weighted by atomic mass is 10.1. The van der Waals surface area contributed by atoms with E-state index in [-0.39, 0.29) is 38.0 Å². The highest BCUT2D eigenvalue weighted by Gasteiger charge is 2.19. The molecule has 0 radical (unpaired) electrons. The maximum atomic E-state index is 12.7. The highest BCUT2D eigenvalue weighted by molar-refractivity contribution is 5.71. The van der Waals surface area contributed by atoms with Gasteiger partial charge in [-0.2, -0.15) is 0 Å². The molecule has 0 aliphatic rings. The first-order valence-corrected chi connectivity index (χ1v) is 23.4. The van der Waals surface area contributed by atoms with E-state index in [0.29, 0.717) is 19.3 Å². The number of esters is 3. The van der Waals surface area contributed by atoms with Crippen LogP contribution in [0.2, 0.25) is 0 Å². The van der Waals surface area contributed by atoms with Crippen LogP contribution >= 0.6 is 0 Å². The number of carbonyl (C=O) groups is 3. The Labute approximate surface area is 361 Å². The van der Waals surface area contributed by atoms with Crippen molar-refractivity contribution in [2.75, 3.05) is 13.2 Å². The van der Waals surface area contributed by atoms with Crippen LogP contribution in [0.4, 0.5) is 0 Å². The van der Waals surface area contributed by atoms with E-state index in [1.165, 1.54) is 51.4 Å². The summed E-state index contributed by atoms with van der Waals surface area (Å²) in [7, 11) is 0. The summed E-state index contributed by atoms with van der Waals surface area (Å²) >= 11 is 0. The van der Waals surface area contributed by atoms with Crippen molar-refractivity contribution in [3.05, 3.63) is 109 Å². The van der Waals surface area contributed by atoms with Gasteiger partial charge in [0.25, 0.3) is 0 Å². The Morgan fingerprint density at radius 2 is 0.695 bits per heavy atom. The van der Waals surface area contributed by atoms with Crippen molar-refractivity contribution in [3.63, 3.8) is 0 Å². The van der Waals surface area contributed by atoms with Crippen LogP contribution in [0.15, 0.2) is 109 Å². The summed E-state index contributed by atoms with van der Waals surface area (Å²) in [5, 5.41) is 0. The van der Waals surface area contributed by atoms with Crippen LogP contribution in [-0.4, -0.2) is 37.2 Å². The van der Waals surface area contributed by atoms with Crippen molar-refractivity contribution in [3.8, 4) is 0 Å². The SMILES string of the molecule is CC/C=C\C/C=C\C/C=C\C/C=C\CCC(=O)OCC(COC(=O)CCCCCCC/C=C\CCCCCCCC)OC(=O)CC/C=C\C/C=C\C/C=C\C/C=C\CC. The number of hydrogen-bond donors (Lipinski definition) is 0. The quantitative estimate of drug-likeness (QED) is 0.0265. The summed E-state index contributed by atoms with van der Waals surface area (Å²) in [4.78, 5) is 37.7. The Morgan fingerprint density at radius 3 is 1.14 bits per heavy atom. The lowest BCUT2D eigenvalue weighted by Crippen LogP contribution is -2.30. The predicted octanol–water partition coefficient (Wildman–Crippen LogP) is 15.2. The molecule has 0 aromatic carbocycles. The zero-order valence-corrected chi connectivity index (χ0v) is 37.7. The largest absolute Gasteiger partial charge is 0.462 e. The smallest absolute Gasteiger partial charge is 0.306 e. The standard InChI is InChI=1S/C53H84O6/c1-4-7-10-13-16-19-22-25-26-29-31-34-37-40-43-46-52(55)58-49-50(59-53(56)47-44-41-38-35-32-28-24-21-18-15-12-9-6-3)48-57-51(54)45-42-39-36-33-30-27-23-20-17-14-11-8-5-2/h8-9,11-12,17-18,20-21,25-28,30,32,36,38-39,41,50H,4-7,10,13-16,19,22-24,29,31,33-35,37,40,42-49H2,1-3H3/b11-8-,12-9-,20-17-,21-18-,26-25-,30-27-,32-28-,39-36-,41-38-. The molecule has 0 amide bonds. The highest BCUT2D eigenvalue weighted by Crippen LogP contribution is 2.11. The number of carbonyl (C=O) groups excluding carboxylic acids is 3. The van der Waals surface area contributed by atoms with Crippen molar-refractivity contribution in [2.45, 2.75) is 194 Å². The molecule has 332 valence electrons. The topological polar surface area (TPSA) is 78.9 Å². The number of hydrogen-bond acceptors (Lipinski definition) is 6. The molecule has 1 unspecified atom stereocenters. The van der Waals surface area contributed by atoms with E-state index >= 15 is 0 Å². The average Bonchev–Trinajstić information content (AvgIpc) is 3.23. The molecule has 0 aliphatic heterocycles. The third-order valence-corrected chi connectivity index (χ3v) is 9.27. The molecule has 6 heteroatoms. The van der Waals surface area contributed by atoms with Gasteiger partial charge in [0.1, 0.15) is 13.2 Å². The van der Waals surface area contributed by atoms with Crippen molar-refractivity contribution < 1.29 is 28.6 Å². The average molecular weight is 817 g/mol. The lowest BCUT2D eigenvalue weighted by molar-refractivity contribution is -0.166. The summed E-state index contributed by atoms with van der Waals surface area (Å²) < 4.78 is 16.6. The molecule has 1 atom stereocenters. The summed E-state index contributed by atoms with van der Waals surface area (Å²) in [6, 6.07) is 0. The molecule has 0 heterocycles. The van der Waals surface area contributed by atoms with Gasteiger partial charge in [-0.15, -0.1) is 0 Å². The molecule has 0 aliphatic carbocycles. The van der Waals surface area contributed by atoms with Gasteiger partial charge in [-0.3, -0.25) is 14.4 Å². The molecular weight excluding hydrogens is 733 g/mol. The first-order valence-electron chi connectivity index (χ1n) is 23.4. The molecule has 0 aromatic heterocycles. The molecule has 0 bridgehead atoms. The fourth-order valence-corrected chi connectivity index (χ4v) is 5.81. The second-order valence-electron chi connectivity index (χ2n) is 14.9.